The SMILES string of the molecule is COCCOc1ccccc1-c1nc2sc(-c3ccccc3OCCOC)nc2s1. The summed E-state index contributed by atoms with van der Waals surface area (Å²) in [5.41, 5.74) is 1.93. The lowest BCUT2D eigenvalue weighted by molar-refractivity contribution is 0.146. The van der Waals surface area contributed by atoms with E-state index in [-0.39, 0.29) is 0 Å². The van der Waals surface area contributed by atoms with E-state index in [1.807, 2.05) is 48.5 Å². The summed E-state index contributed by atoms with van der Waals surface area (Å²) in [6.07, 6.45) is 0. The summed E-state index contributed by atoms with van der Waals surface area (Å²) in [5, 5.41) is 1.79. The van der Waals surface area contributed by atoms with Crippen LogP contribution in [0.25, 0.3) is 30.8 Å². The van der Waals surface area contributed by atoms with Crippen LogP contribution in [0.15, 0.2) is 48.5 Å². The molecule has 2 aromatic carbocycles. The summed E-state index contributed by atoms with van der Waals surface area (Å²) in [5.74, 6) is 1.60. The number of benzene rings is 2. The molecule has 0 amide bonds. The first-order valence-corrected chi connectivity index (χ1v) is 11.1. The van der Waals surface area contributed by atoms with Gasteiger partial charge in [-0.05, 0) is 24.3 Å². The Bertz CT molecular complexity index is 995. The normalized spacial score (nSPS) is 11.1. The molecule has 0 aliphatic carbocycles. The molecule has 2 heterocycles. The third-order valence-electron chi connectivity index (χ3n) is 4.30. The van der Waals surface area contributed by atoms with Gasteiger partial charge in [-0.2, -0.15) is 0 Å². The van der Waals surface area contributed by atoms with Crippen LogP contribution in [-0.2, 0) is 9.47 Å². The monoisotopic (exact) mass is 442 g/mol. The number of ether oxygens (including phenoxy) is 4. The summed E-state index contributed by atoms with van der Waals surface area (Å²) in [6, 6.07) is 15.8. The van der Waals surface area contributed by atoms with Crippen molar-refractivity contribution in [1.82, 2.24) is 9.97 Å². The van der Waals surface area contributed by atoms with Crippen LogP contribution in [0.5, 0.6) is 11.5 Å². The van der Waals surface area contributed by atoms with Crippen molar-refractivity contribution in [3.05, 3.63) is 48.5 Å². The molecule has 156 valence electrons. The zero-order chi connectivity index (χ0) is 20.8. The highest BCUT2D eigenvalue weighted by atomic mass is 32.1. The molecule has 0 saturated carbocycles. The molecule has 4 rings (SSSR count). The zero-order valence-electron chi connectivity index (χ0n) is 16.8. The van der Waals surface area contributed by atoms with Gasteiger partial charge in [-0.25, -0.2) is 9.97 Å². The highest BCUT2D eigenvalue weighted by Gasteiger charge is 2.17. The number of thiazole rings is 2. The van der Waals surface area contributed by atoms with Gasteiger partial charge in [-0.15, -0.1) is 0 Å². The number of para-hydroxylation sites is 2. The van der Waals surface area contributed by atoms with Crippen molar-refractivity contribution in [3.63, 3.8) is 0 Å². The quantitative estimate of drug-likeness (QED) is 0.317. The molecule has 0 bridgehead atoms. The van der Waals surface area contributed by atoms with Gasteiger partial charge >= 0.3 is 0 Å². The number of nitrogens with zero attached hydrogens (tertiary/aromatic N) is 2. The molecule has 0 fully saturated rings. The van der Waals surface area contributed by atoms with E-state index in [1.165, 1.54) is 0 Å². The molecule has 0 spiro atoms. The van der Waals surface area contributed by atoms with Crippen molar-refractivity contribution in [2.45, 2.75) is 0 Å². The first kappa shape index (κ1) is 20.7. The number of aromatic nitrogens is 2. The third-order valence-corrected chi connectivity index (χ3v) is 6.40. The number of methoxy groups -OCH3 is 2. The first-order valence-electron chi connectivity index (χ1n) is 9.50. The van der Waals surface area contributed by atoms with E-state index in [0.717, 1.165) is 42.3 Å². The van der Waals surface area contributed by atoms with Crippen molar-refractivity contribution in [2.75, 3.05) is 40.6 Å². The van der Waals surface area contributed by atoms with Crippen LogP contribution in [0.1, 0.15) is 0 Å². The van der Waals surface area contributed by atoms with Crippen molar-refractivity contribution in [1.29, 1.82) is 0 Å². The molecule has 0 aliphatic heterocycles. The molecule has 0 aliphatic rings. The summed E-state index contributed by atoms with van der Waals surface area (Å²) in [7, 11) is 3.32. The van der Waals surface area contributed by atoms with Gasteiger partial charge in [-0.3, -0.25) is 0 Å². The molecule has 2 aromatic heterocycles. The fourth-order valence-corrected chi connectivity index (χ4v) is 4.98. The van der Waals surface area contributed by atoms with E-state index in [0.29, 0.717) is 26.4 Å². The lowest BCUT2D eigenvalue weighted by Crippen LogP contribution is -2.04. The molecule has 6 nitrogen and oxygen atoms in total. The van der Waals surface area contributed by atoms with Gasteiger partial charge in [0.15, 0.2) is 9.66 Å². The molecule has 0 radical (unpaired) electrons. The summed E-state index contributed by atoms with van der Waals surface area (Å²) < 4.78 is 21.9. The zero-order valence-corrected chi connectivity index (χ0v) is 18.4. The summed E-state index contributed by atoms with van der Waals surface area (Å²) >= 11 is 3.13. The van der Waals surface area contributed by atoms with Crippen LogP contribution in [0.2, 0.25) is 0 Å². The third kappa shape index (κ3) is 4.62. The maximum Gasteiger partial charge on any atom is 0.155 e. The number of fused-ring (bicyclic) bond motifs is 1. The Morgan fingerprint density at radius 3 is 1.50 bits per heavy atom. The van der Waals surface area contributed by atoms with Crippen LogP contribution in [0.3, 0.4) is 0 Å². The molecule has 30 heavy (non-hydrogen) atoms. The summed E-state index contributed by atoms with van der Waals surface area (Å²) in [4.78, 5) is 11.5. The van der Waals surface area contributed by atoms with Crippen molar-refractivity contribution < 1.29 is 18.9 Å². The largest absolute Gasteiger partial charge is 0.490 e. The van der Waals surface area contributed by atoms with Crippen LogP contribution < -0.4 is 9.47 Å². The molecule has 4 aromatic rings. The van der Waals surface area contributed by atoms with Crippen molar-refractivity contribution in [2.24, 2.45) is 0 Å². The minimum absolute atomic E-state index is 0.496. The van der Waals surface area contributed by atoms with E-state index in [2.05, 4.69) is 0 Å². The maximum absolute atomic E-state index is 5.86. The lowest BCUT2D eigenvalue weighted by Gasteiger charge is -2.09. The van der Waals surface area contributed by atoms with Gasteiger partial charge in [0.2, 0.25) is 0 Å². The predicted octanol–water partition coefficient (Wildman–Crippen LogP) is 5.14. The molecule has 0 unspecified atom stereocenters. The molecular formula is C22H22N2O4S2. The number of rotatable bonds is 10. The second-order valence-electron chi connectivity index (χ2n) is 6.32. The van der Waals surface area contributed by atoms with Gasteiger partial charge in [-0.1, -0.05) is 46.9 Å². The minimum Gasteiger partial charge on any atom is -0.490 e. The second-order valence-corrected chi connectivity index (χ2v) is 8.28. The van der Waals surface area contributed by atoms with Gasteiger partial charge in [0, 0.05) is 14.2 Å². The molecule has 8 heteroatoms. The average Bonchev–Trinajstić information content (AvgIpc) is 3.34. The van der Waals surface area contributed by atoms with E-state index in [9.17, 15) is 0 Å². The van der Waals surface area contributed by atoms with Gasteiger partial charge < -0.3 is 18.9 Å². The Morgan fingerprint density at radius 1 is 0.633 bits per heavy atom. The predicted molar refractivity (Wildman–Crippen MR) is 121 cm³/mol. The van der Waals surface area contributed by atoms with Crippen molar-refractivity contribution >= 4 is 32.3 Å². The van der Waals surface area contributed by atoms with Crippen LogP contribution in [0, 0.1) is 0 Å². The smallest absolute Gasteiger partial charge is 0.155 e. The van der Waals surface area contributed by atoms with E-state index in [4.69, 9.17) is 28.9 Å². The Balaban J connectivity index is 1.61. The number of hydrogen-bond donors (Lipinski definition) is 0. The minimum atomic E-state index is 0.496. The topological polar surface area (TPSA) is 62.7 Å². The van der Waals surface area contributed by atoms with E-state index >= 15 is 0 Å². The highest BCUT2D eigenvalue weighted by molar-refractivity contribution is 7.29. The standard InChI is InChI=1S/C22H22N2O4S2/c1-25-11-13-27-17-9-5-3-7-15(17)19-23-21-22(29-19)24-20(30-21)16-8-4-6-10-18(16)28-14-12-26-2/h3-10H,11-14H2,1-2H3. The Kier molecular flexibility index (Phi) is 6.91. The molecule has 0 atom stereocenters. The van der Waals surface area contributed by atoms with Gasteiger partial charge in [0.25, 0.3) is 0 Å². The second kappa shape index (κ2) is 9.99. The average molecular weight is 443 g/mol. The Labute approximate surface area is 183 Å². The highest BCUT2D eigenvalue weighted by Crippen LogP contribution is 2.41. The molecular weight excluding hydrogens is 420 g/mol. The lowest BCUT2D eigenvalue weighted by atomic mass is 10.2. The molecule has 0 saturated heterocycles. The maximum atomic E-state index is 5.86. The Morgan fingerprint density at radius 2 is 1.07 bits per heavy atom. The van der Waals surface area contributed by atoms with Crippen LogP contribution >= 0.6 is 22.7 Å². The van der Waals surface area contributed by atoms with Crippen molar-refractivity contribution in [3.8, 4) is 32.6 Å². The van der Waals surface area contributed by atoms with E-state index < -0.39 is 0 Å². The van der Waals surface area contributed by atoms with Crippen LogP contribution in [-0.4, -0.2) is 50.6 Å². The van der Waals surface area contributed by atoms with Crippen LogP contribution in [0.4, 0.5) is 0 Å². The fourth-order valence-electron chi connectivity index (χ4n) is 2.88. The summed E-state index contributed by atoms with van der Waals surface area (Å²) in [6.45, 7) is 2.07. The van der Waals surface area contributed by atoms with Gasteiger partial charge in [0.05, 0.1) is 24.3 Å². The van der Waals surface area contributed by atoms with E-state index in [1.54, 1.807) is 36.9 Å². The fraction of sp³-hybridized carbons (Fsp3) is 0.273. The van der Waals surface area contributed by atoms with Gasteiger partial charge in [0.1, 0.15) is 34.7 Å². The number of hydrogen-bond acceptors (Lipinski definition) is 8. The first-order chi connectivity index (χ1) is 14.8. The Hall–Kier alpha value is -2.52. The molecule has 0 N–H and O–H groups in total.